The van der Waals surface area contributed by atoms with Gasteiger partial charge in [0.05, 0.1) is 27.5 Å². The van der Waals surface area contributed by atoms with Gasteiger partial charge in [-0.15, -0.1) is 0 Å². The summed E-state index contributed by atoms with van der Waals surface area (Å²) in [4.78, 5) is 33.3. The Morgan fingerprint density at radius 2 is 1.93 bits per heavy atom. The highest BCUT2D eigenvalue weighted by Crippen LogP contribution is 2.48. The molecule has 9 nitrogen and oxygen atoms in total. The third-order valence-corrected chi connectivity index (χ3v) is 8.01. The fourth-order valence-electron chi connectivity index (χ4n) is 4.37. The average molecular weight is 610 g/mol. The summed E-state index contributed by atoms with van der Waals surface area (Å²) >= 11 is 6.99. The summed E-state index contributed by atoms with van der Waals surface area (Å²) in [6.45, 7) is -0.304. The number of fused-ring (bicyclic) bond motifs is 2. The van der Waals surface area contributed by atoms with Gasteiger partial charge in [0.25, 0.3) is 5.91 Å². The number of pyridine rings is 1. The Bertz CT molecular complexity index is 1730. The number of nitrogens with one attached hydrogen (secondary N) is 1. The number of aromatic nitrogens is 2. The standard InChI is InChI=1S/C26H20ClF4N5O4S/c1-24(22(32)38)10-40-20-13(24)8-18(36-19(20)11-2-4-15(28)14(27)6-11)25(39,26(29,30)31)9-34-21(37)12-3-5-16-17(7-12)41-23(33)35-16/h2-8,39H,9-10H2,1H3,(H2,32,38)(H2,33,35)(H,34,37)/t24-,25?/m0/s1. The van der Waals surface area contributed by atoms with Gasteiger partial charge in [0.2, 0.25) is 11.5 Å². The highest BCUT2D eigenvalue weighted by Gasteiger charge is 2.57. The Kier molecular flexibility index (Phi) is 6.83. The van der Waals surface area contributed by atoms with Crippen LogP contribution in [0.4, 0.5) is 22.7 Å². The molecule has 0 fully saturated rings. The highest BCUT2D eigenvalue weighted by molar-refractivity contribution is 7.22. The lowest BCUT2D eigenvalue weighted by Gasteiger charge is -2.31. The van der Waals surface area contributed by atoms with E-state index in [-0.39, 0.29) is 44.9 Å². The van der Waals surface area contributed by atoms with Gasteiger partial charge in [-0.25, -0.2) is 14.4 Å². The third-order valence-electron chi connectivity index (χ3n) is 6.87. The Morgan fingerprint density at radius 3 is 2.59 bits per heavy atom. The van der Waals surface area contributed by atoms with Crippen molar-refractivity contribution in [1.82, 2.24) is 15.3 Å². The number of hydrogen-bond donors (Lipinski definition) is 4. The van der Waals surface area contributed by atoms with Gasteiger partial charge < -0.3 is 26.6 Å². The van der Waals surface area contributed by atoms with Crippen LogP contribution in [0.25, 0.3) is 21.5 Å². The summed E-state index contributed by atoms with van der Waals surface area (Å²) in [7, 11) is 0. The minimum absolute atomic E-state index is 0.00364. The largest absolute Gasteiger partial charge is 0.489 e. The van der Waals surface area contributed by atoms with Crippen LogP contribution in [0.5, 0.6) is 5.75 Å². The molecule has 2 amide bonds. The van der Waals surface area contributed by atoms with Gasteiger partial charge in [-0.1, -0.05) is 22.9 Å². The van der Waals surface area contributed by atoms with E-state index in [2.05, 4.69) is 15.3 Å². The molecule has 0 saturated carbocycles. The smallest absolute Gasteiger partial charge is 0.424 e. The molecule has 2 atom stereocenters. The van der Waals surface area contributed by atoms with Crippen molar-refractivity contribution in [3.63, 3.8) is 0 Å². The van der Waals surface area contributed by atoms with Gasteiger partial charge in [-0.2, -0.15) is 13.2 Å². The number of aliphatic hydroxyl groups is 1. The predicted octanol–water partition coefficient (Wildman–Crippen LogP) is 4.05. The summed E-state index contributed by atoms with van der Waals surface area (Å²) in [5.41, 5.74) is 5.19. The maximum Gasteiger partial charge on any atom is 0.424 e. The molecule has 214 valence electrons. The monoisotopic (exact) mass is 609 g/mol. The molecular formula is C26H20ClF4N5O4S. The quantitative estimate of drug-likeness (QED) is 0.241. The van der Waals surface area contributed by atoms with E-state index >= 15 is 0 Å². The Morgan fingerprint density at radius 1 is 1.20 bits per heavy atom. The van der Waals surface area contributed by atoms with Crippen LogP contribution >= 0.6 is 22.9 Å². The minimum Gasteiger partial charge on any atom is -0.489 e. The molecule has 2 aromatic heterocycles. The zero-order chi connectivity index (χ0) is 29.9. The number of amides is 2. The molecule has 41 heavy (non-hydrogen) atoms. The van der Waals surface area contributed by atoms with Crippen molar-refractivity contribution in [3.8, 4) is 17.0 Å². The number of carbonyl (C=O) groups is 2. The van der Waals surface area contributed by atoms with E-state index in [0.29, 0.717) is 10.2 Å². The van der Waals surface area contributed by atoms with Crippen LogP contribution in [0.1, 0.15) is 28.5 Å². The molecule has 2 aromatic carbocycles. The summed E-state index contributed by atoms with van der Waals surface area (Å²) in [5, 5.41) is 13.1. The maximum absolute atomic E-state index is 14.6. The number of ether oxygens (including phenoxy) is 1. The number of thiazole rings is 1. The lowest BCUT2D eigenvalue weighted by molar-refractivity contribution is -0.265. The number of nitrogens with two attached hydrogens (primary N) is 2. The highest BCUT2D eigenvalue weighted by atomic mass is 35.5. The van der Waals surface area contributed by atoms with Gasteiger partial charge in [0, 0.05) is 16.7 Å². The number of halogens is 5. The molecule has 1 aliphatic heterocycles. The van der Waals surface area contributed by atoms with Crippen LogP contribution in [0.2, 0.25) is 5.02 Å². The van der Waals surface area contributed by atoms with E-state index in [1.165, 1.54) is 31.2 Å². The normalized spacial score (nSPS) is 18.0. The number of nitrogens with zero attached hydrogens (tertiary/aromatic N) is 2. The molecular weight excluding hydrogens is 590 g/mol. The van der Waals surface area contributed by atoms with Crippen molar-refractivity contribution in [2.45, 2.75) is 24.1 Å². The first-order valence-corrected chi connectivity index (χ1v) is 13.0. The Hall–Kier alpha value is -4.01. The lowest BCUT2D eigenvalue weighted by atomic mass is 9.81. The van der Waals surface area contributed by atoms with Crippen LogP contribution in [0.15, 0.2) is 42.5 Å². The van der Waals surface area contributed by atoms with E-state index in [0.717, 1.165) is 29.5 Å². The zero-order valence-corrected chi connectivity index (χ0v) is 22.5. The zero-order valence-electron chi connectivity index (χ0n) is 21.0. The van der Waals surface area contributed by atoms with E-state index < -0.39 is 47.1 Å². The number of nitrogen functional groups attached to an aromatic ring is 1. The SMILES string of the molecule is C[C@]1(C(N)=O)COc2c1cc(C(O)(CNC(=O)c1ccc3nc(N)sc3c1)C(F)(F)F)nc2-c1ccc(F)c(Cl)c1. The van der Waals surface area contributed by atoms with Gasteiger partial charge in [0.1, 0.15) is 29.3 Å². The molecule has 0 aliphatic carbocycles. The maximum atomic E-state index is 14.6. The summed E-state index contributed by atoms with van der Waals surface area (Å²) in [6, 6.07) is 8.41. The number of benzene rings is 2. The van der Waals surface area contributed by atoms with Crippen LogP contribution in [-0.4, -0.2) is 46.2 Å². The molecule has 0 saturated heterocycles. The first-order valence-electron chi connectivity index (χ1n) is 11.8. The molecule has 0 bridgehead atoms. The van der Waals surface area contributed by atoms with E-state index in [1.54, 1.807) is 0 Å². The summed E-state index contributed by atoms with van der Waals surface area (Å²) in [6.07, 6.45) is -5.36. The summed E-state index contributed by atoms with van der Waals surface area (Å²) < 4.78 is 63.7. The van der Waals surface area contributed by atoms with Crippen LogP contribution in [0.3, 0.4) is 0 Å². The molecule has 1 aliphatic rings. The molecule has 0 spiro atoms. The first kappa shape index (κ1) is 28.5. The Labute approximate surface area is 238 Å². The number of anilines is 1. The second-order valence-corrected chi connectivity index (χ2v) is 11.1. The van der Waals surface area contributed by atoms with Crippen molar-refractivity contribution < 1.29 is 37.0 Å². The lowest BCUT2D eigenvalue weighted by Crippen LogP contribution is -2.51. The van der Waals surface area contributed by atoms with E-state index in [9.17, 15) is 32.3 Å². The van der Waals surface area contributed by atoms with Gasteiger partial charge >= 0.3 is 6.18 Å². The predicted molar refractivity (Wildman–Crippen MR) is 143 cm³/mol. The second kappa shape index (κ2) is 9.82. The van der Waals surface area contributed by atoms with Crippen molar-refractivity contribution in [2.75, 3.05) is 18.9 Å². The number of rotatable bonds is 6. The molecule has 3 heterocycles. The molecule has 0 radical (unpaired) electrons. The van der Waals surface area contributed by atoms with Crippen molar-refractivity contribution >= 4 is 50.1 Å². The molecule has 4 aromatic rings. The van der Waals surface area contributed by atoms with E-state index in [4.69, 9.17) is 27.8 Å². The molecule has 6 N–H and O–H groups in total. The van der Waals surface area contributed by atoms with Crippen molar-refractivity contribution in [1.29, 1.82) is 0 Å². The van der Waals surface area contributed by atoms with Gasteiger partial charge in [-0.3, -0.25) is 9.59 Å². The van der Waals surface area contributed by atoms with Crippen LogP contribution in [-0.2, 0) is 15.8 Å². The molecule has 5 rings (SSSR count). The van der Waals surface area contributed by atoms with E-state index in [1.807, 2.05) is 0 Å². The fraction of sp³-hybridized carbons (Fsp3) is 0.231. The van der Waals surface area contributed by atoms with Gasteiger partial charge in [-0.05, 0) is 49.4 Å². The number of carbonyl (C=O) groups excluding carboxylic acids is 2. The second-order valence-electron chi connectivity index (χ2n) is 9.62. The molecule has 15 heteroatoms. The van der Waals surface area contributed by atoms with Gasteiger partial charge in [0.15, 0.2) is 5.13 Å². The number of hydrogen-bond acceptors (Lipinski definition) is 8. The van der Waals surface area contributed by atoms with Crippen molar-refractivity contribution in [2.24, 2.45) is 5.73 Å². The number of primary amides is 1. The summed E-state index contributed by atoms with van der Waals surface area (Å²) in [5.74, 6) is -2.69. The Balaban J connectivity index is 1.60. The first-order chi connectivity index (χ1) is 19.1. The fourth-order valence-corrected chi connectivity index (χ4v) is 5.32. The average Bonchev–Trinajstić information content (AvgIpc) is 3.46. The minimum atomic E-state index is -5.36. The molecule has 1 unspecified atom stereocenters. The van der Waals surface area contributed by atoms with Crippen LogP contribution in [0, 0.1) is 5.82 Å². The topological polar surface area (TPSA) is 153 Å². The van der Waals surface area contributed by atoms with Crippen molar-refractivity contribution in [3.05, 3.63) is 70.1 Å². The third kappa shape index (κ3) is 4.81. The number of alkyl halides is 3. The van der Waals surface area contributed by atoms with Crippen LogP contribution < -0.4 is 21.5 Å².